The number of hydrogen-bond donors (Lipinski definition) is 2. The van der Waals surface area contributed by atoms with Crippen LogP contribution in [0.25, 0.3) is 5.82 Å². The van der Waals surface area contributed by atoms with Crippen LogP contribution < -0.4 is 10.0 Å². The van der Waals surface area contributed by atoms with Gasteiger partial charge in [-0.1, -0.05) is 0 Å². The van der Waals surface area contributed by atoms with E-state index in [0.29, 0.717) is 23.1 Å². The Labute approximate surface area is 204 Å². The monoisotopic (exact) mass is 510 g/mol. The van der Waals surface area contributed by atoms with Crippen LogP contribution in [0, 0.1) is 34.1 Å². The smallest absolute Gasteiger partial charge is 0.280 e. The maximum Gasteiger partial charge on any atom is 0.280 e. The number of nitrogens with one attached hydrogen (secondary N) is 2. The van der Waals surface area contributed by atoms with E-state index in [1.54, 1.807) is 48.4 Å². The summed E-state index contributed by atoms with van der Waals surface area (Å²) in [6.07, 6.45) is 4.96. The maximum atomic E-state index is 12.8. The van der Waals surface area contributed by atoms with E-state index in [9.17, 15) is 28.6 Å². The summed E-state index contributed by atoms with van der Waals surface area (Å²) >= 11 is 0. The Balaban J connectivity index is 1.56. The molecule has 2 N–H and O–H groups in total. The third-order valence-electron chi connectivity index (χ3n) is 5.03. The number of imidazole rings is 1. The molecule has 4 aromatic rings. The first kappa shape index (κ1) is 24.2. The SMILES string of the molecule is Cc1nc(Nc2ccc(NS(=O)(=O)c3cc([N+](=O)[O-])c(C)c([N+](=O)[O-])c3)cc2)cc(-n2ccnc2)n1. The summed E-state index contributed by atoms with van der Waals surface area (Å²) in [4.78, 5) is 32.9. The molecule has 4 rings (SSSR count). The first-order chi connectivity index (χ1) is 17.0. The van der Waals surface area contributed by atoms with Crippen molar-refractivity contribution in [3.63, 3.8) is 0 Å². The van der Waals surface area contributed by atoms with Gasteiger partial charge in [-0.05, 0) is 38.1 Å². The lowest BCUT2D eigenvalue weighted by Crippen LogP contribution is -2.14. The average Bonchev–Trinajstić information content (AvgIpc) is 3.34. The average molecular weight is 510 g/mol. The Morgan fingerprint density at radius 2 is 1.53 bits per heavy atom. The molecule has 0 fully saturated rings. The Bertz CT molecular complexity index is 1540. The zero-order valence-corrected chi connectivity index (χ0v) is 19.6. The molecular weight excluding hydrogens is 492 g/mol. The summed E-state index contributed by atoms with van der Waals surface area (Å²) < 4.78 is 29.7. The second-order valence-corrected chi connectivity index (χ2v) is 9.22. The fourth-order valence-electron chi connectivity index (χ4n) is 3.32. The highest BCUT2D eigenvalue weighted by atomic mass is 32.2. The van der Waals surface area contributed by atoms with Gasteiger partial charge in [-0.2, -0.15) is 0 Å². The van der Waals surface area contributed by atoms with Crippen LogP contribution >= 0.6 is 0 Å². The summed E-state index contributed by atoms with van der Waals surface area (Å²) in [5, 5.41) is 25.7. The van der Waals surface area contributed by atoms with Crippen LogP contribution in [0.5, 0.6) is 0 Å². The van der Waals surface area contributed by atoms with E-state index in [1.165, 1.54) is 19.1 Å². The summed E-state index contributed by atoms with van der Waals surface area (Å²) in [6.45, 7) is 2.92. The minimum atomic E-state index is -4.36. The molecule has 2 heterocycles. The largest absolute Gasteiger partial charge is 0.340 e. The minimum Gasteiger partial charge on any atom is -0.340 e. The molecule has 0 saturated heterocycles. The molecule has 0 aliphatic carbocycles. The van der Waals surface area contributed by atoms with Gasteiger partial charge in [0, 0.05) is 42.0 Å². The van der Waals surface area contributed by atoms with E-state index in [4.69, 9.17) is 0 Å². The summed E-state index contributed by atoms with van der Waals surface area (Å²) in [5.41, 5.74) is -0.840. The van der Waals surface area contributed by atoms with Crippen LogP contribution in [0.15, 0.2) is 66.1 Å². The summed E-state index contributed by atoms with van der Waals surface area (Å²) in [7, 11) is -4.36. The maximum absolute atomic E-state index is 12.8. The van der Waals surface area contributed by atoms with Crippen LogP contribution in [0.1, 0.15) is 11.4 Å². The Morgan fingerprint density at radius 1 is 0.917 bits per heavy atom. The summed E-state index contributed by atoms with van der Waals surface area (Å²) in [5.74, 6) is 1.63. The van der Waals surface area contributed by atoms with E-state index in [-0.39, 0.29) is 11.3 Å². The second kappa shape index (κ2) is 9.38. The molecule has 0 saturated carbocycles. The number of nitrogens with zero attached hydrogens (tertiary/aromatic N) is 6. The highest BCUT2D eigenvalue weighted by molar-refractivity contribution is 7.92. The molecule has 2 aromatic carbocycles. The van der Waals surface area contributed by atoms with Crippen molar-refractivity contribution in [2.24, 2.45) is 0 Å². The molecule has 14 nitrogen and oxygen atoms in total. The van der Waals surface area contributed by atoms with Crippen molar-refractivity contribution in [2.45, 2.75) is 18.7 Å². The molecule has 0 aliphatic rings. The van der Waals surface area contributed by atoms with Gasteiger partial charge in [0.1, 0.15) is 34.2 Å². The molecule has 0 radical (unpaired) electrons. The molecule has 2 aromatic heterocycles. The normalized spacial score (nSPS) is 11.2. The zero-order chi connectivity index (χ0) is 26.0. The topological polar surface area (TPSA) is 188 Å². The molecule has 36 heavy (non-hydrogen) atoms. The number of benzene rings is 2. The van der Waals surface area contributed by atoms with Crippen molar-refractivity contribution in [2.75, 3.05) is 10.0 Å². The molecule has 0 bridgehead atoms. The van der Waals surface area contributed by atoms with Gasteiger partial charge >= 0.3 is 0 Å². The number of rotatable bonds is 8. The van der Waals surface area contributed by atoms with Crippen LogP contribution in [-0.2, 0) is 10.0 Å². The fraction of sp³-hybridized carbons (Fsp3) is 0.0952. The van der Waals surface area contributed by atoms with Crippen LogP contribution in [0.3, 0.4) is 0 Å². The summed E-state index contributed by atoms with van der Waals surface area (Å²) in [6, 6.07) is 9.39. The molecule has 0 aliphatic heterocycles. The van der Waals surface area contributed by atoms with Gasteiger partial charge in [0.2, 0.25) is 0 Å². The predicted octanol–water partition coefficient (Wildman–Crippen LogP) is 3.64. The molecular formula is C21H18N8O6S. The third-order valence-corrected chi connectivity index (χ3v) is 6.39. The van der Waals surface area contributed by atoms with Gasteiger partial charge in [-0.25, -0.2) is 23.4 Å². The van der Waals surface area contributed by atoms with E-state index < -0.39 is 36.1 Å². The van der Waals surface area contributed by atoms with E-state index >= 15 is 0 Å². The number of hydrogen-bond acceptors (Lipinski definition) is 10. The molecule has 0 amide bonds. The van der Waals surface area contributed by atoms with E-state index in [1.807, 2.05) is 0 Å². The highest BCUT2D eigenvalue weighted by Gasteiger charge is 2.28. The van der Waals surface area contributed by atoms with Crippen molar-refractivity contribution < 1.29 is 18.3 Å². The molecule has 15 heteroatoms. The van der Waals surface area contributed by atoms with Crippen molar-refractivity contribution in [1.29, 1.82) is 0 Å². The number of nitro groups is 2. The second-order valence-electron chi connectivity index (χ2n) is 7.54. The molecule has 0 unspecified atom stereocenters. The number of aromatic nitrogens is 4. The highest BCUT2D eigenvalue weighted by Crippen LogP contribution is 2.32. The lowest BCUT2D eigenvalue weighted by molar-refractivity contribution is -0.395. The number of anilines is 3. The lowest BCUT2D eigenvalue weighted by Gasteiger charge is -2.11. The number of aryl methyl sites for hydroxylation is 1. The first-order valence-corrected chi connectivity index (χ1v) is 11.7. The van der Waals surface area contributed by atoms with Crippen molar-refractivity contribution in [3.05, 3.63) is 92.8 Å². The van der Waals surface area contributed by atoms with Gasteiger partial charge in [0.05, 0.1) is 9.85 Å². The Morgan fingerprint density at radius 3 is 2.08 bits per heavy atom. The van der Waals surface area contributed by atoms with Crippen molar-refractivity contribution in [3.8, 4) is 5.82 Å². The Hall–Kier alpha value is -4.92. The van der Waals surface area contributed by atoms with Gasteiger partial charge in [0.15, 0.2) is 0 Å². The van der Waals surface area contributed by atoms with E-state index in [0.717, 1.165) is 12.1 Å². The van der Waals surface area contributed by atoms with Crippen molar-refractivity contribution in [1.82, 2.24) is 19.5 Å². The van der Waals surface area contributed by atoms with Crippen LogP contribution in [0.4, 0.5) is 28.6 Å². The van der Waals surface area contributed by atoms with Gasteiger partial charge in [-0.15, -0.1) is 0 Å². The van der Waals surface area contributed by atoms with Gasteiger partial charge in [-0.3, -0.25) is 29.5 Å². The standard InChI is InChI=1S/C21H18N8O6S/c1-13-18(28(30)31)9-17(10-19(13)29(32)33)36(34,35)26-16-5-3-15(4-6-16)25-20-11-21(24-14(2)23-20)27-8-7-22-12-27/h3-12,26H,1-2H3,(H,23,24,25). The number of sulfonamides is 1. The van der Waals surface area contributed by atoms with Gasteiger partial charge in [0.25, 0.3) is 21.4 Å². The molecule has 184 valence electrons. The quantitative estimate of drug-likeness (QED) is 0.261. The minimum absolute atomic E-state index is 0.143. The number of nitro benzene ring substituents is 2. The van der Waals surface area contributed by atoms with Crippen LogP contribution in [-0.4, -0.2) is 37.8 Å². The molecule has 0 spiro atoms. The van der Waals surface area contributed by atoms with Crippen LogP contribution in [0.2, 0.25) is 0 Å². The van der Waals surface area contributed by atoms with E-state index in [2.05, 4.69) is 25.0 Å². The fourth-order valence-corrected chi connectivity index (χ4v) is 4.42. The predicted molar refractivity (Wildman–Crippen MR) is 129 cm³/mol. The third kappa shape index (κ3) is 5.10. The zero-order valence-electron chi connectivity index (χ0n) is 18.8. The first-order valence-electron chi connectivity index (χ1n) is 10.2. The lowest BCUT2D eigenvalue weighted by atomic mass is 10.1. The van der Waals surface area contributed by atoms with Crippen molar-refractivity contribution >= 4 is 38.6 Å². The Kier molecular flexibility index (Phi) is 6.31. The van der Waals surface area contributed by atoms with Gasteiger partial charge < -0.3 is 5.32 Å². The molecule has 0 atom stereocenters.